The number of carbonyl (C=O) groups is 1. The summed E-state index contributed by atoms with van der Waals surface area (Å²) in [4.78, 5) is 11.6. The molecule has 1 amide bonds. The van der Waals surface area contributed by atoms with Crippen LogP contribution in [0.4, 0.5) is 0 Å². The van der Waals surface area contributed by atoms with Gasteiger partial charge in [0.15, 0.2) is 0 Å². The van der Waals surface area contributed by atoms with Crippen LogP contribution in [-0.4, -0.2) is 24.2 Å². The largest absolute Gasteiger partial charge is 0.396 e. The lowest BCUT2D eigenvalue weighted by Crippen LogP contribution is -2.34. The Labute approximate surface area is 92.3 Å². The molecule has 88 valence electrons. The van der Waals surface area contributed by atoms with E-state index in [0.717, 1.165) is 25.8 Å². The van der Waals surface area contributed by atoms with E-state index < -0.39 is 0 Å². The van der Waals surface area contributed by atoms with Crippen molar-refractivity contribution >= 4 is 5.91 Å². The van der Waals surface area contributed by atoms with Gasteiger partial charge in [-0.15, -0.1) is 0 Å². The predicted octanol–water partition coefficient (Wildman–Crippen LogP) is 1.56. The zero-order valence-corrected chi connectivity index (χ0v) is 9.83. The number of nitrogens with one attached hydrogen (secondary N) is 1. The van der Waals surface area contributed by atoms with Crippen LogP contribution in [0.15, 0.2) is 0 Å². The van der Waals surface area contributed by atoms with Gasteiger partial charge in [0.1, 0.15) is 0 Å². The summed E-state index contributed by atoms with van der Waals surface area (Å²) >= 11 is 0. The maximum atomic E-state index is 11.6. The Balaban J connectivity index is 2.27. The molecule has 1 aliphatic carbocycles. The van der Waals surface area contributed by atoms with Crippen LogP contribution >= 0.6 is 0 Å². The summed E-state index contributed by atoms with van der Waals surface area (Å²) in [5.41, 5.74) is 0. The van der Waals surface area contributed by atoms with E-state index in [1.165, 1.54) is 6.42 Å². The molecule has 2 N–H and O–H groups in total. The van der Waals surface area contributed by atoms with Crippen LogP contribution in [0, 0.1) is 17.8 Å². The summed E-state index contributed by atoms with van der Waals surface area (Å²) in [7, 11) is 0. The van der Waals surface area contributed by atoms with Crippen molar-refractivity contribution in [1.29, 1.82) is 0 Å². The Bertz CT molecular complexity index is 206. The summed E-state index contributed by atoms with van der Waals surface area (Å²) in [6, 6.07) is 0. The zero-order valence-electron chi connectivity index (χ0n) is 9.83. The Morgan fingerprint density at radius 3 is 2.73 bits per heavy atom. The van der Waals surface area contributed by atoms with Gasteiger partial charge in [0.05, 0.1) is 0 Å². The van der Waals surface area contributed by atoms with Gasteiger partial charge in [-0.1, -0.05) is 20.3 Å². The Kier molecular flexibility index (Phi) is 5.09. The molecule has 0 aromatic carbocycles. The van der Waals surface area contributed by atoms with E-state index in [9.17, 15) is 4.79 Å². The van der Waals surface area contributed by atoms with Gasteiger partial charge in [0.2, 0.25) is 5.91 Å². The van der Waals surface area contributed by atoms with Crippen LogP contribution in [0.25, 0.3) is 0 Å². The highest BCUT2D eigenvalue weighted by molar-refractivity contribution is 5.78. The van der Waals surface area contributed by atoms with Gasteiger partial charge in [0, 0.05) is 19.1 Å². The van der Waals surface area contributed by atoms with Crippen LogP contribution in [0.1, 0.15) is 39.5 Å². The first kappa shape index (κ1) is 12.5. The number of carbonyl (C=O) groups excluding carboxylic acids is 1. The molecule has 0 aromatic rings. The molecular formula is C12H23NO2. The maximum Gasteiger partial charge on any atom is 0.222 e. The van der Waals surface area contributed by atoms with E-state index in [1.807, 2.05) is 13.8 Å². The summed E-state index contributed by atoms with van der Waals surface area (Å²) in [5, 5.41) is 12.1. The summed E-state index contributed by atoms with van der Waals surface area (Å²) in [6.07, 6.45) is 4.33. The van der Waals surface area contributed by atoms with Gasteiger partial charge in [-0.05, 0) is 31.1 Å². The number of aliphatic hydroxyl groups is 1. The topological polar surface area (TPSA) is 49.3 Å². The second kappa shape index (κ2) is 6.11. The Morgan fingerprint density at radius 2 is 2.13 bits per heavy atom. The molecule has 3 atom stereocenters. The normalized spacial score (nSPS) is 27.7. The van der Waals surface area contributed by atoms with E-state index in [4.69, 9.17) is 5.11 Å². The monoisotopic (exact) mass is 213 g/mol. The molecule has 0 aromatic heterocycles. The lowest BCUT2D eigenvalue weighted by Gasteiger charge is -2.19. The van der Waals surface area contributed by atoms with Crippen LogP contribution in [0.5, 0.6) is 0 Å². The summed E-state index contributed by atoms with van der Waals surface area (Å²) in [6.45, 7) is 4.99. The molecule has 3 nitrogen and oxygen atoms in total. The smallest absolute Gasteiger partial charge is 0.222 e. The molecule has 0 bridgehead atoms. The molecule has 1 saturated carbocycles. The van der Waals surface area contributed by atoms with Crippen LogP contribution in [0.2, 0.25) is 0 Å². The second-order valence-corrected chi connectivity index (χ2v) is 4.69. The molecule has 0 heterocycles. The molecule has 1 rings (SSSR count). The first-order valence-corrected chi connectivity index (χ1v) is 6.07. The molecular weight excluding hydrogens is 190 g/mol. The lowest BCUT2D eigenvalue weighted by atomic mass is 9.96. The third kappa shape index (κ3) is 3.49. The number of amides is 1. The fraction of sp³-hybridized carbons (Fsp3) is 0.917. The lowest BCUT2D eigenvalue weighted by molar-refractivity contribution is -0.124. The van der Waals surface area contributed by atoms with Crippen molar-refractivity contribution in [3.8, 4) is 0 Å². The van der Waals surface area contributed by atoms with Crippen LogP contribution in [0.3, 0.4) is 0 Å². The highest BCUT2D eigenvalue weighted by atomic mass is 16.3. The fourth-order valence-electron chi connectivity index (χ4n) is 2.21. The van der Waals surface area contributed by atoms with Gasteiger partial charge < -0.3 is 10.4 Å². The molecule has 1 fully saturated rings. The van der Waals surface area contributed by atoms with E-state index in [2.05, 4.69) is 5.32 Å². The quantitative estimate of drug-likeness (QED) is 0.728. The van der Waals surface area contributed by atoms with Gasteiger partial charge in [0.25, 0.3) is 0 Å². The van der Waals surface area contributed by atoms with Gasteiger partial charge in [-0.2, -0.15) is 0 Å². The average Bonchev–Trinajstić information content (AvgIpc) is 2.71. The standard InChI is InChI=1S/C12H23NO2/c1-3-9(2)12(15)13-7-10-5-4-6-11(10)8-14/h9-11,14H,3-8H2,1-2H3,(H,13,15). The van der Waals surface area contributed by atoms with Gasteiger partial charge in [-0.25, -0.2) is 0 Å². The molecule has 0 spiro atoms. The molecule has 0 aliphatic heterocycles. The second-order valence-electron chi connectivity index (χ2n) is 4.69. The van der Waals surface area contributed by atoms with Gasteiger partial charge in [-0.3, -0.25) is 4.79 Å². The average molecular weight is 213 g/mol. The molecule has 0 radical (unpaired) electrons. The van der Waals surface area contributed by atoms with E-state index in [0.29, 0.717) is 11.8 Å². The highest BCUT2D eigenvalue weighted by Crippen LogP contribution is 2.30. The van der Waals surface area contributed by atoms with Crippen molar-refractivity contribution in [2.45, 2.75) is 39.5 Å². The van der Waals surface area contributed by atoms with Crippen LogP contribution in [-0.2, 0) is 4.79 Å². The number of hydrogen-bond acceptors (Lipinski definition) is 2. The first-order valence-electron chi connectivity index (χ1n) is 6.07. The minimum absolute atomic E-state index is 0.110. The number of hydrogen-bond donors (Lipinski definition) is 2. The SMILES string of the molecule is CCC(C)C(=O)NCC1CCCC1CO. The third-order valence-electron chi connectivity index (χ3n) is 3.65. The summed E-state index contributed by atoms with van der Waals surface area (Å²) < 4.78 is 0. The third-order valence-corrected chi connectivity index (χ3v) is 3.65. The number of aliphatic hydroxyl groups excluding tert-OH is 1. The minimum Gasteiger partial charge on any atom is -0.396 e. The molecule has 15 heavy (non-hydrogen) atoms. The molecule has 0 saturated heterocycles. The Hall–Kier alpha value is -0.570. The Morgan fingerprint density at radius 1 is 1.47 bits per heavy atom. The molecule has 3 heteroatoms. The highest BCUT2D eigenvalue weighted by Gasteiger charge is 2.26. The van der Waals surface area contributed by atoms with Crippen molar-refractivity contribution in [3.05, 3.63) is 0 Å². The van der Waals surface area contributed by atoms with Gasteiger partial charge >= 0.3 is 0 Å². The van der Waals surface area contributed by atoms with E-state index >= 15 is 0 Å². The van der Waals surface area contributed by atoms with Crippen molar-refractivity contribution < 1.29 is 9.90 Å². The van der Waals surface area contributed by atoms with E-state index in [1.54, 1.807) is 0 Å². The molecule has 1 aliphatic rings. The minimum atomic E-state index is 0.110. The van der Waals surface area contributed by atoms with Crippen molar-refractivity contribution in [2.75, 3.05) is 13.2 Å². The molecule has 3 unspecified atom stereocenters. The van der Waals surface area contributed by atoms with E-state index in [-0.39, 0.29) is 18.4 Å². The van der Waals surface area contributed by atoms with Crippen LogP contribution < -0.4 is 5.32 Å². The summed E-state index contributed by atoms with van der Waals surface area (Å²) in [5.74, 6) is 1.16. The van der Waals surface area contributed by atoms with Crippen molar-refractivity contribution in [2.24, 2.45) is 17.8 Å². The fourth-order valence-corrected chi connectivity index (χ4v) is 2.21. The zero-order chi connectivity index (χ0) is 11.3. The van der Waals surface area contributed by atoms with Crippen molar-refractivity contribution in [1.82, 2.24) is 5.32 Å². The number of rotatable bonds is 5. The maximum absolute atomic E-state index is 11.6. The van der Waals surface area contributed by atoms with Crippen molar-refractivity contribution in [3.63, 3.8) is 0 Å². The first-order chi connectivity index (χ1) is 7.19. The predicted molar refractivity (Wildman–Crippen MR) is 60.4 cm³/mol.